The highest BCUT2D eigenvalue weighted by Gasteiger charge is 2.20. The molecular weight excluding hydrogens is 230 g/mol. The summed E-state index contributed by atoms with van der Waals surface area (Å²) in [7, 11) is 1.97. The number of carbonyl (C=O) groups excluding carboxylic acids is 1. The van der Waals surface area contributed by atoms with Crippen molar-refractivity contribution >= 4 is 6.09 Å². The van der Waals surface area contributed by atoms with Crippen LogP contribution >= 0.6 is 0 Å². The van der Waals surface area contributed by atoms with Crippen LogP contribution in [0.4, 0.5) is 4.79 Å². The second kappa shape index (κ2) is 9.16. The van der Waals surface area contributed by atoms with Crippen molar-refractivity contribution in [1.29, 1.82) is 0 Å². The van der Waals surface area contributed by atoms with Gasteiger partial charge in [-0.05, 0) is 37.8 Å². The van der Waals surface area contributed by atoms with Crippen LogP contribution in [0.15, 0.2) is 0 Å². The zero-order chi connectivity index (χ0) is 14.0. The Morgan fingerprint density at radius 1 is 1.44 bits per heavy atom. The van der Waals surface area contributed by atoms with Crippen molar-refractivity contribution in [2.24, 2.45) is 17.1 Å². The average molecular weight is 259 g/mol. The predicted octanol–water partition coefficient (Wildman–Crippen LogP) is 1.33. The number of carbonyl (C=O) groups is 1. The molecule has 4 N–H and O–H groups in total. The number of nitrogens with one attached hydrogen (secondary N) is 2. The van der Waals surface area contributed by atoms with E-state index in [4.69, 9.17) is 10.5 Å². The lowest BCUT2D eigenvalue weighted by Gasteiger charge is -2.27. The van der Waals surface area contributed by atoms with E-state index in [1.807, 2.05) is 7.05 Å². The van der Waals surface area contributed by atoms with Gasteiger partial charge in [0.15, 0.2) is 0 Å². The molecule has 0 aromatic rings. The molecule has 0 saturated carbocycles. The van der Waals surface area contributed by atoms with Crippen LogP contribution in [0.5, 0.6) is 0 Å². The van der Waals surface area contributed by atoms with Crippen LogP contribution in [0, 0.1) is 11.3 Å². The van der Waals surface area contributed by atoms with Crippen molar-refractivity contribution in [2.45, 2.75) is 33.6 Å². The second-order valence-electron chi connectivity index (χ2n) is 5.64. The Bertz CT molecular complexity index is 232. The highest BCUT2D eigenvalue weighted by Crippen LogP contribution is 2.25. The quantitative estimate of drug-likeness (QED) is 0.584. The number of hydrogen-bond donors (Lipinski definition) is 3. The minimum absolute atomic E-state index is 0.274. The zero-order valence-corrected chi connectivity index (χ0v) is 12.2. The van der Waals surface area contributed by atoms with Crippen molar-refractivity contribution in [3.63, 3.8) is 0 Å². The first-order chi connectivity index (χ1) is 8.41. The Kier molecular flexibility index (Phi) is 8.75. The number of nitrogens with two attached hydrogens (primary N) is 1. The maximum absolute atomic E-state index is 11.2. The molecule has 5 nitrogen and oxygen atoms in total. The number of ether oxygens (including phenoxy) is 1. The van der Waals surface area contributed by atoms with Crippen LogP contribution in [-0.4, -0.2) is 39.4 Å². The molecule has 0 fully saturated rings. The highest BCUT2D eigenvalue weighted by molar-refractivity contribution is 5.66. The molecule has 1 amide bonds. The molecule has 0 bridgehead atoms. The van der Waals surface area contributed by atoms with E-state index in [0.29, 0.717) is 19.0 Å². The monoisotopic (exact) mass is 259 g/mol. The molecule has 0 aliphatic heterocycles. The number of amides is 1. The first-order valence-electron chi connectivity index (χ1n) is 6.66. The van der Waals surface area contributed by atoms with E-state index in [-0.39, 0.29) is 18.1 Å². The summed E-state index contributed by atoms with van der Waals surface area (Å²) in [5, 5.41) is 5.94. The van der Waals surface area contributed by atoms with Gasteiger partial charge < -0.3 is 21.1 Å². The summed E-state index contributed by atoms with van der Waals surface area (Å²) in [5.74, 6) is 0.572. The molecule has 0 aliphatic rings. The molecule has 1 atom stereocenters. The summed E-state index contributed by atoms with van der Waals surface area (Å²) in [6, 6.07) is 0. The molecule has 0 radical (unpaired) electrons. The van der Waals surface area contributed by atoms with E-state index in [1.165, 1.54) is 0 Å². The fraction of sp³-hybridized carbons (Fsp3) is 0.923. The van der Waals surface area contributed by atoms with Gasteiger partial charge in [0.1, 0.15) is 6.61 Å². The number of alkyl carbamates (subject to hydrolysis) is 1. The Balaban J connectivity index is 3.70. The number of hydrogen-bond acceptors (Lipinski definition) is 4. The normalized spacial score (nSPS) is 13.2. The van der Waals surface area contributed by atoms with Crippen molar-refractivity contribution in [2.75, 3.05) is 33.3 Å². The van der Waals surface area contributed by atoms with Crippen LogP contribution < -0.4 is 16.4 Å². The van der Waals surface area contributed by atoms with Crippen LogP contribution in [0.3, 0.4) is 0 Å². The molecular formula is C13H29N3O2. The summed E-state index contributed by atoms with van der Waals surface area (Å²) >= 11 is 0. The zero-order valence-electron chi connectivity index (χ0n) is 12.2. The van der Waals surface area contributed by atoms with Crippen LogP contribution in [0.2, 0.25) is 0 Å². The van der Waals surface area contributed by atoms with Gasteiger partial charge in [0.25, 0.3) is 0 Å². The van der Waals surface area contributed by atoms with Gasteiger partial charge in [0.2, 0.25) is 0 Å². The predicted molar refractivity (Wildman–Crippen MR) is 74.5 cm³/mol. The third kappa shape index (κ3) is 9.24. The van der Waals surface area contributed by atoms with E-state index in [2.05, 4.69) is 31.4 Å². The summed E-state index contributed by atoms with van der Waals surface area (Å²) in [5.41, 5.74) is 5.53. The van der Waals surface area contributed by atoms with Crippen LogP contribution in [-0.2, 0) is 4.74 Å². The van der Waals surface area contributed by atoms with Gasteiger partial charge in [-0.3, -0.25) is 0 Å². The molecule has 1 unspecified atom stereocenters. The molecule has 0 saturated heterocycles. The summed E-state index contributed by atoms with van der Waals surface area (Å²) in [4.78, 5) is 11.2. The maximum Gasteiger partial charge on any atom is 0.407 e. The van der Waals surface area contributed by atoms with Crippen molar-refractivity contribution in [3.05, 3.63) is 0 Å². The summed E-state index contributed by atoms with van der Waals surface area (Å²) < 4.78 is 4.83. The van der Waals surface area contributed by atoms with E-state index in [0.717, 1.165) is 19.4 Å². The Hall–Kier alpha value is -0.810. The first-order valence-corrected chi connectivity index (χ1v) is 6.66. The third-order valence-corrected chi connectivity index (χ3v) is 2.81. The SMILES string of the molecule is CNCC(C)(C)CC(C)CCNC(=O)OCCN. The average Bonchev–Trinajstić information content (AvgIpc) is 2.25. The molecule has 0 spiro atoms. The second-order valence-corrected chi connectivity index (χ2v) is 5.64. The highest BCUT2D eigenvalue weighted by atomic mass is 16.5. The van der Waals surface area contributed by atoms with Crippen LogP contribution in [0.1, 0.15) is 33.6 Å². The fourth-order valence-electron chi connectivity index (χ4n) is 2.22. The van der Waals surface area contributed by atoms with Gasteiger partial charge in [-0.2, -0.15) is 0 Å². The van der Waals surface area contributed by atoms with Gasteiger partial charge in [-0.1, -0.05) is 20.8 Å². The minimum atomic E-state index is -0.373. The van der Waals surface area contributed by atoms with Gasteiger partial charge in [-0.15, -0.1) is 0 Å². The van der Waals surface area contributed by atoms with E-state index in [9.17, 15) is 4.79 Å². The lowest BCUT2D eigenvalue weighted by atomic mass is 9.82. The molecule has 5 heteroatoms. The molecule has 0 rings (SSSR count). The van der Waals surface area contributed by atoms with E-state index < -0.39 is 0 Å². The van der Waals surface area contributed by atoms with Gasteiger partial charge in [0.05, 0.1) is 0 Å². The minimum Gasteiger partial charge on any atom is -0.448 e. The van der Waals surface area contributed by atoms with Crippen LogP contribution in [0.25, 0.3) is 0 Å². The molecule has 0 heterocycles. The van der Waals surface area contributed by atoms with E-state index in [1.54, 1.807) is 0 Å². The maximum atomic E-state index is 11.2. The third-order valence-electron chi connectivity index (χ3n) is 2.81. The molecule has 0 aromatic heterocycles. The van der Waals surface area contributed by atoms with Crippen molar-refractivity contribution in [3.8, 4) is 0 Å². The van der Waals surface area contributed by atoms with Gasteiger partial charge in [0, 0.05) is 13.1 Å². The Morgan fingerprint density at radius 2 is 2.11 bits per heavy atom. The van der Waals surface area contributed by atoms with Crippen molar-refractivity contribution < 1.29 is 9.53 Å². The largest absolute Gasteiger partial charge is 0.448 e. The fourth-order valence-corrected chi connectivity index (χ4v) is 2.22. The lowest BCUT2D eigenvalue weighted by Crippen LogP contribution is -2.31. The van der Waals surface area contributed by atoms with Gasteiger partial charge in [-0.25, -0.2) is 4.79 Å². The molecule has 0 aliphatic carbocycles. The Morgan fingerprint density at radius 3 is 2.67 bits per heavy atom. The summed E-state index contributed by atoms with van der Waals surface area (Å²) in [6.45, 7) is 9.01. The first kappa shape index (κ1) is 17.2. The molecule has 0 aromatic carbocycles. The Labute approximate surface area is 111 Å². The van der Waals surface area contributed by atoms with Crippen molar-refractivity contribution in [1.82, 2.24) is 10.6 Å². The standard InChI is InChI=1S/C13H29N3O2/c1-11(9-13(2,3)10-15-4)5-7-16-12(17)18-8-6-14/h11,15H,5-10,14H2,1-4H3,(H,16,17). The smallest absolute Gasteiger partial charge is 0.407 e. The number of rotatable bonds is 9. The van der Waals surface area contributed by atoms with Gasteiger partial charge >= 0.3 is 6.09 Å². The molecule has 108 valence electrons. The summed E-state index contributed by atoms with van der Waals surface area (Å²) in [6.07, 6.45) is 1.72. The van der Waals surface area contributed by atoms with E-state index >= 15 is 0 Å². The topological polar surface area (TPSA) is 76.4 Å². The lowest BCUT2D eigenvalue weighted by molar-refractivity contribution is 0.148. The molecule has 18 heavy (non-hydrogen) atoms.